The van der Waals surface area contributed by atoms with E-state index in [0.717, 1.165) is 17.8 Å². The van der Waals surface area contributed by atoms with E-state index in [1.54, 1.807) is 18.8 Å². The van der Waals surface area contributed by atoms with Crippen LogP contribution in [0.4, 0.5) is 18.9 Å². The third-order valence-electron chi connectivity index (χ3n) is 5.91. The van der Waals surface area contributed by atoms with Crippen molar-refractivity contribution in [2.75, 3.05) is 18.6 Å². The molecule has 4 N–H and O–H groups in total. The van der Waals surface area contributed by atoms with E-state index in [9.17, 15) is 18.0 Å². The van der Waals surface area contributed by atoms with Crippen LogP contribution in [0.2, 0.25) is 0 Å². The Bertz CT molecular complexity index is 1100. The van der Waals surface area contributed by atoms with Crippen molar-refractivity contribution >= 4 is 23.4 Å². The van der Waals surface area contributed by atoms with Crippen LogP contribution in [0.5, 0.6) is 0 Å². The molecule has 1 aromatic carbocycles. The van der Waals surface area contributed by atoms with Crippen LogP contribution < -0.4 is 16.4 Å². The number of hydrogen-bond donors (Lipinski definition) is 2. The summed E-state index contributed by atoms with van der Waals surface area (Å²) in [4.78, 5) is 13.6. The number of aryl methyl sites for hydroxylation is 1. The third kappa shape index (κ3) is 4.23. The number of carbonyl (C=O) groups excluding carboxylic acids is 1. The van der Waals surface area contributed by atoms with Crippen molar-refractivity contribution in [1.82, 2.24) is 9.78 Å². The topological polar surface area (TPSA) is 109 Å². The van der Waals surface area contributed by atoms with Crippen LogP contribution in [0, 0.1) is 17.5 Å². The van der Waals surface area contributed by atoms with E-state index in [2.05, 4.69) is 5.10 Å². The van der Waals surface area contributed by atoms with Gasteiger partial charge in [0.15, 0.2) is 11.6 Å². The molecule has 2 aliphatic rings. The number of rotatable bonds is 5. The molecule has 0 aliphatic carbocycles. The maximum absolute atomic E-state index is 14.7. The Morgan fingerprint density at radius 2 is 2.00 bits per heavy atom. The van der Waals surface area contributed by atoms with Crippen molar-refractivity contribution in [3.05, 3.63) is 58.1 Å². The molecular weight excluding hydrogens is 459 g/mol. The van der Waals surface area contributed by atoms with Gasteiger partial charge in [-0.3, -0.25) is 9.48 Å². The van der Waals surface area contributed by atoms with Crippen LogP contribution in [0.25, 0.3) is 0 Å². The van der Waals surface area contributed by atoms with E-state index in [1.165, 1.54) is 16.5 Å². The molecule has 1 amide bonds. The molecule has 178 valence electrons. The molecule has 1 fully saturated rings. The van der Waals surface area contributed by atoms with Gasteiger partial charge < -0.3 is 25.8 Å². The number of nitrogens with two attached hydrogens (primary N) is 2. The summed E-state index contributed by atoms with van der Waals surface area (Å²) in [6, 6.07) is 1.33. The first-order valence-electron chi connectivity index (χ1n) is 10.2. The molecule has 1 saturated heterocycles. The van der Waals surface area contributed by atoms with Crippen molar-refractivity contribution in [2.24, 2.45) is 18.5 Å². The van der Waals surface area contributed by atoms with Crippen molar-refractivity contribution < 1.29 is 27.4 Å². The van der Waals surface area contributed by atoms with E-state index >= 15 is 0 Å². The lowest BCUT2D eigenvalue weighted by Gasteiger charge is -2.30. The fourth-order valence-electron chi connectivity index (χ4n) is 4.17. The highest BCUT2D eigenvalue weighted by atomic mass is 32.2. The number of aromatic nitrogens is 2. The molecule has 1 unspecified atom stereocenters. The fourth-order valence-corrected chi connectivity index (χ4v) is 5.36. The number of ether oxygens (including phenoxy) is 2. The van der Waals surface area contributed by atoms with Crippen molar-refractivity contribution in [1.29, 1.82) is 0 Å². The number of benzene rings is 1. The predicted octanol–water partition coefficient (Wildman–Crippen LogP) is 2.61. The summed E-state index contributed by atoms with van der Waals surface area (Å²) in [5.74, 6) is -4.28. The third-order valence-corrected chi connectivity index (χ3v) is 6.98. The molecule has 4 rings (SSSR count). The minimum absolute atomic E-state index is 0.00222. The van der Waals surface area contributed by atoms with Gasteiger partial charge in [-0.25, -0.2) is 13.2 Å². The number of hydrogen-bond acceptors (Lipinski definition) is 7. The highest BCUT2D eigenvalue weighted by molar-refractivity contribution is 8.02. The number of thioether (sulfide) groups is 1. The Labute approximate surface area is 192 Å². The summed E-state index contributed by atoms with van der Waals surface area (Å²) in [5, 5.41) is 4.57. The van der Waals surface area contributed by atoms with Gasteiger partial charge in [-0.05, 0) is 25.0 Å². The molecule has 0 radical (unpaired) electrons. The maximum Gasteiger partial charge on any atom is 0.265 e. The largest absolute Gasteiger partial charge is 0.377 e. The maximum atomic E-state index is 14.7. The van der Waals surface area contributed by atoms with Crippen molar-refractivity contribution in [3.8, 4) is 0 Å². The van der Waals surface area contributed by atoms with Crippen LogP contribution in [0.1, 0.15) is 35.6 Å². The minimum Gasteiger partial charge on any atom is -0.377 e. The Morgan fingerprint density at radius 3 is 2.70 bits per heavy atom. The molecule has 1 aromatic heterocycles. The lowest BCUT2D eigenvalue weighted by Crippen LogP contribution is -2.37. The van der Waals surface area contributed by atoms with E-state index in [1.807, 2.05) is 0 Å². The lowest BCUT2D eigenvalue weighted by atomic mass is 10.0. The first-order chi connectivity index (χ1) is 15.7. The van der Waals surface area contributed by atoms with Gasteiger partial charge in [0, 0.05) is 25.6 Å². The average molecular weight is 484 g/mol. The number of primary amides is 1. The summed E-state index contributed by atoms with van der Waals surface area (Å²) in [6.45, 7) is 0.233. The Kier molecular flexibility index (Phi) is 6.71. The average Bonchev–Trinajstić information content (AvgIpc) is 3.32. The lowest BCUT2D eigenvalue weighted by molar-refractivity contribution is -0.114. The quantitative estimate of drug-likeness (QED) is 0.630. The van der Waals surface area contributed by atoms with Gasteiger partial charge in [-0.2, -0.15) is 5.10 Å². The molecule has 2 aromatic rings. The number of methoxy groups -OCH3 is 1. The summed E-state index contributed by atoms with van der Waals surface area (Å²) >= 11 is 0.944. The monoisotopic (exact) mass is 483 g/mol. The molecule has 33 heavy (non-hydrogen) atoms. The Hall–Kier alpha value is -2.54. The van der Waals surface area contributed by atoms with Gasteiger partial charge in [0.05, 0.1) is 35.9 Å². The van der Waals surface area contributed by atoms with E-state index < -0.39 is 40.4 Å². The predicted molar refractivity (Wildman–Crippen MR) is 116 cm³/mol. The van der Waals surface area contributed by atoms with E-state index in [-0.39, 0.29) is 24.4 Å². The first-order valence-corrected chi connectivity index (χ1v) is 11.2. The van der Waals surface area contributed by atoms with Gasteiger partial charge in [-0.1, -0.05) is 0 Å². The fraction of sp³-hybridized carbons (Fsp3) is 0.429. The van der Waals surface area contributed by atoms with Gasteiger partial charge in [0.25, 0.3) is 5.91 Å². The molecule has 4 atom stereocenters. The van der Waals surface area contributed by atoms with Crippen LogP contribution in [0.3, 0.4) is 0 Å². The van der Waals surface area contributed by atoms with Gasteiger partial charge in [0.1, 0.15) is 23.0 Å². The summed E-state index contributed by atoms with van der Waals surface area (Å²) in [6.07, 6.45) is 1.80. The zero-order valence-electron chi connectivity index (χ0n) is 18.0. The molecule has 3 heterocycles. The van der Waals surface area contributed by atoms with Crippen molar-refractivity contribution in [3.63, 3.8) is 0 Å². The van der Waals surface area contributed by atoms with Crippen LogP contribution in [-0.2, 0) is 21.3 Å². The smallest absolute Gasteiger partial charge is 0.265 e. The van der Waals surface area contributed by atoms with Gasteiger partial charge in [0.2, 0.25) is 0 Å². The SMILES string of the molecule is CO[C@H]1CO[C@H](c2c(N3C(C(N)=O)=CSC3c3c(F)ccc(F)c3F)cnn2C)CC[C@H]1N. The molecule has 0 bridgehead atoms. The second-order valence-electron chi connectivity index (χ2n) is 7.86. The van der Waals surface area contributed by atoms with Gasteiger partial charge in [-0.15, -0.1) is 11.8 Å². The number of nitrogens with zero attached hydrogens (tertiary/aromatic N) is 3. The van der Waals surface area contributed by atoms with E-state index in [4.69, 9.17) is 20.9 Å². The Balaban J connectivity index is 1.79. The minimum atomic E-state index is -1.33. The van der Waals surface area contributed by atoms with Gasteiger partial charge >= 0.3 is 0 Å². The summed E-state index contributed by atoms with van der Waals surface area (Å²) in [7, 11) is 3.25. The number of halogens is 3. The van der Waals surface area contributed by atoms with Crippen LogP contribution in [-0.4, -0.2) is 41.6 Å². The number of carbonyl (C=O) groups is 1. The molecule has 8 nitrogen and oxygen atoms in total. The zero-order chi connectivity index (χ0) is 23.9. The second-order valence-corrected chi connectivity index (χ2v) is 8.81. The van der Waals surface area contributed by atoms with Crippen molar-refractivity contribution in [2.45, 2.75) is 36.5 Å². The number of anilines is 1. The molecule has 0 saturated carbocycles. The zero-order valence-corrected chi connectivity index (χ0v) is 18.8. The Morgan fingerprint density at radius 1 is 1.27 bits per heavy atom. The normalized spacial score (nSPS) is 25.8. The van der Waals surface area contributed by atoms with Crippen LogP contribution >= 0.6 is 11.8 Å². The highest BCUT2D eigenvalue weighted by Crippen LogP contribution is 2.49. The highest BCUT2D eigenvalue weighted by Gasteiger charge is 2.40. The summed E-state index contributed by atoms with van der Waals surface area (Å²) in [5.41, 5.74) is 12.2. The number of amides is 1. The van der Waals surface area contributed by atoms with E-state index in [0.29, 0.717) is 30.3 Å². The standard InChI is InChI=1S/C21H24F3N5O3S/c1-28-19(15-6-5-12(25)16(31-2)8-32-15)13(7-27-28)29-14(20(26)30)9-33-21(29)17-10(22)3-4-11(23)18(17)24/h3-4,7,9,12,15-16,21H,5-6,8,25H2,1-2H3,(H2,26,30)/t12-,15+,16+,21?/m1/s1. The molecule has 2 aliphatic heterocycles. The molecule has 12 heteroatoms. The first kappa shape index (κ1) is 23.6. The summed E-state index contributed by atoms with van der Waals surface area (Å²) < 4.78 is 56.4. The second kappa shape index (κ2) is 9.37. The van der Waals surface area contributed by atoms with Crippen LogP contribution in [0.15, 0.2) is 29.4 Å². The molecular formula is C21H24F3N5O3S. The molecule has 0 spiro atoms.